The number of nitrogens with one attached hydrogen (secondary N) is 1. The van der Waals surface area contributed by atoms with E-state index in [0.29, 0.717) is 26.7 Å². The van der Waals surface area contributed by atoms with Gasteiger partial charge in [0.1, 0.15) is 10.8 Å². The molecule has 1 heterocycles. The second-order valence-corrected chi connectivity index (χ2v) is 11.9. The maximum absolute atomic E-state index is 13.4. The lowest BCUT2D eigenvalue weighted by molar-refractivity contribution is -0.139. The summed E-state index contributed by atoms with van der Waals surface area (Å²) in [6, 6.07) is 14.8. The van der Waals surface area contributed by atoms with Gasteiger partial charge >= 0.3 is 5.97 Å². The number of amides is 1. The molecule has 188 valence electrons. The maximum atomic E-state index is 13.4. The zero-order valence-corrected chi connectivity index (χ0v) is 22.9. The normalized spacial score (nSPS) is 15.5. The lowest BCUT2D eigenvalue weighted by atomic mass is 9.72. The lowest BCUT2D eigenvalue weighted by Crippen LogP contribution is -2.27. The minimum atomic E-state index is -1.04. The van der Waals surface area contributed by atoms with Crippen molar-refractivity contribution in [3.63, 3.8) is 0 Å². The number of ether oxygens (including phenoxy) is 1. The number of aliphatic carboxylic acids is 1. The molecule has 0 radical (unpaired) electrons. The number of carboxylic acids is 1. The molecule has 36 heavy (non-hydrogen) atoms. The first-order chi connectivity index (χ1) is 17.1. The number of carboxylic acid groups (broad SMARTS) is 1. The van der Waals surface area contributed by atoms with E-state index < -0.39 is 12.6 Å². The highest BCUT2D eigenvalue weighted by Crippen LogP contribution is 2.45. The van der Waals surface area contributed by atoms with Gasteiger partial charge in [0.15, 0.2) is 6.61 Å². The topological polar surface area (TPSA) is 88.0 Å². The SMILES string of the molecule is CC(C)(C)[C@H]1CCc2c(sc(N=Cc3ccc(OCC(=O)O)c(Br)c3)c2C(=O)Nc2ccccc2)C1. The molecular weight excluding hydrogens is 540 g/mol. The van der Waals surface area contributed by atoms with E-state index in [4.69, 9.17) is 14.8 Å². The molecule has 1 aliphatic rings. The van der Waals surface area contributed by atoms with E-state index in [9.17, 15) is 9.59 Å². The predicted molar refractivity (Wildman–Crippen MR) is 148 cm³/mol. The van der Waals surface area contributed by atoms with Crippen LogP contribution in [-0.4, -0.2) is 29.8 Å². The predicted octanol–water partition coefficient (Wildman–Crippen LogP) is 7.13. The second-order valence-electron chi connectivity index (χ2n) is 9.94. The van der Waals surface area contributed by atoms with Crippen molar-refractivity contribution >= 4 is 56.0 Å². The van der Waals surface area contributed by atoms with E-state index in [-0.39, 0.29) is 11.3 Å². The van der Waals surface area contributed by atoms with Crippen LogP contribution < -0.4 is 10.1 Å². The average molecular weight is 570 g/mol. The molecule has 0 unspecified atom stereocenters. The fourth-order valence-electron chi connectivity index (χ4n) is 4.34. The maximum Gasteiger partial charge on any atom is 0.341 e. The van der Waals surface area contributed by atoms with Crippen molar-refractivity contribution in [2.75, 3.05) is 11.9 Å². The summed E-state index contributed by atoms with van der Waals surface area (Å²) in [7, 11) is 0. The number of carbonyl (C=O) groups excluding carboxylic acids is 1. The van der Waals surface area contributed by atoms with Crippen LogP contribution in [0.1, 0.15) is 53.6 Å². The quantitative estimate of drug-likeness (QED) is 0.297. The highest BCUT2D eigenvalue weighted by Gasteiger charge is 2.33. The molecule has 0 bridgehead atoms. The molecule has 1 atom stereocenters. The van der Waals surface area contributed by atoms with Crippen molar-refractivity contribution in [3.05, 3.63) is 74.6 Å². The molecule has 0 saturated carbocycles. The molecule has 2 N–H and O–H groups in total. The molecule has 0 saturated heterocycles. The smallest absolute Gasteiger partial charge is 0.341 e. The van der Waals surface area contributed by atoms with Gasteiger partial charge in [-0.25, -0.2) is 9.79 Å². The van der Waals surface area contributed by atoms with Crippen LogP contribution in [0.25, 0.3) is 0 Å². The number of nitrogens with zero attached hydrogens (tertiary/aromatic N) is 1. The summed E-state index contributed by atoms with van der Waals surface area (Å²) in [6.07, 6.45) is 4.59. The van der Waals surface area contributed by atoms with Crippen molar-refractivity contribution < 1.29 is 19.4 Å². The summed E-state index contributed by atoms with van der Waals surface area (Å²) >= 11 is 5.03. The number of carbonyl (C=O) groups is 2. The van der Waals surface area contributed by atoms with Gasteiger partial charge in [-0.2, -0.15) is 0 Å². The fraction of sp³-hybridized carbons (Fsp3) is 0.321. The van der Waals surface area contributed by atoms with Gasteiger partial charge in [0.2, 0.25) is 0 Å². The first kappa shape index (κ1) is 26.1. The molecule has 1 aliphatic carbocycles. The van der Waals surface area contributed by atoms with E-state index in [1.54, 1.807) is 29.7 Å². The van der Waals surface area contributed by atoms with Crippen LogP contribution in [0, 0.1) is 11.3 Å². The van der Waals surface area contributed by atoms with Crippen molar-refractivity contribution in [1.82, 2.24) is 0 Å². The Kier molecular flexibility index (Phi) is 7.95. The minimum Gasteiger partial charge on any atom is -0.481 e. The number of halogens is 1. The first-order valence-corrected chi connectivity index (χ1v) is 13.4. The number of anilines is 1. The number of benzene rings is 2. The summed E-state index contributed by atoms with van der Waals surface area (Å²) in [5.41, 5.74) is 3.52. The number of fused-ring (bicyclic) bond motifs is 1. The van der Waals surface area contributed by atoms with Gasteiger partial charge < -0.3 is 15.2 Å². The third-order valence-corrected chi connectivity index (χ3v) is 8.15. The van der Waals surface area contributed by atoms with E-state index in [0.717, 1.165) is 36.1 Å². The Labute approximate surface area is 223 Å². The Bertz CT molecular complexity index is 1290. The Balaban J connectivity index is 1.64. The number of para-hydroxylation sites is 1. The first-order valence-electron chi connectivity index (χ1n) is 11.8. The van der Waals surface area contributed by atoms with Crippen molar-refractivity contribution in [1.29, 1.82) is 0 Å². The van der Waals surface area contributed by atoms with E-state index in [1.165, 1.54) is 4.88 Å². The van der Waals surface area contributed by atoms with Crippen molar-refractivity contribution in [2.45, 2.75) is 40.0 Å². The van der Waals surface area contributed by atoms with Crippen molar-refractivity contribution in [2.24, 2.45) is 16.3 Å². The van der Waals surface area contributed by atoms with Gasteiger partial charge in [-0.15, -0.1) is 11.3 Å². The van der Waals surface area contributed by atoms with Crippen LogP contribution in [-0.2, 0) is 17.6 Å². The van der Waals surface area contributed by atoms with Crippen LogP contribution in [0.3, 0.4) is 0 Å². The molecule has 0 aliphatic heterocycles. The summed E-state index contributed by atoms with van der Waals surface area (Å²) in [5.74, 6) is -0.181. The fourth-order valence-corrected chi connectivity index (χ4v) is 6.12. The van der Waals surface area contributed by atoms with Crippen LogP contribution in [0.15, 0.2) is 58.0 Å². The summed E-state index contributed by atoms with van der Waals surface area (Å²) < 4.78 is 5.91. The monoisotopic (exact) mass is 568 g/mol. The van der Waals surface area contributed by atoms with Crippen LogP contribution in [0.2, 0.25) is 0 Å². The second kappa shape index (κ2) is 11.0. The molecule has 0 spiro atoms. The number of hydrogen-bond donors (Lipinski definition) is 2. The zero-order chi connectivity index (χ0) is 25.9. The molecule has 6 nitrogen and oxygen atoms in total. The van der Waals surface area contributed by atoms with Gasteiger partial charge in [-0.3, -0.25) is 4.79 Å². The van der Waals surface area contributed by atoms with E-state index in [2.05, 4.69) is 42.0 Å². The zero-order valence-electron chi connectivity index (χ0n) is 20.5. The Morgan fingerprint density at radius 1 is 1.22 bits per heavy atom. The number of aliphatic imine (C=N–C) groups is 1. The van der Waals surface area contributed by atoms with Crippen LogP contribution in [0.5, 0.6) is 5.75 Å². The molecule has 1 amide bonds. The standard InChI is InChI=1S/C28H29BrN2O4S/c1-28(2,3)18-10-11-20-23(14-18)36-27(25(20)26(34)31-19-7-5-4-6-8-19)30-15-17-9-12-22(21(29)13-17)35-16-24(32)33/h4-9,12-13,15,18H,10-11,14,16H2,1-3H3,(H,31,34)(H,32,33)/t18-/m0/s1. The van der Waals surface area contributed by atoms with Gasteiger partial charge in [0, 0.05) is 16.8 Å². The molecule has 0 fully saturated rings. The van der Waals surface area contributed by atoms with Gasteiger partial charge in [0.25, 0.3) is 5.91 Å². The van der Waals surface area contributed by atoms with Crippen LogP contribution in [0.4, 0.5) is 10.7 Å². The minimum absolute atomic E-state index is 0.140. The highest BCUT2D eigenvalue weighted by molar-refractivity contribution is 9.10. The summed E-state index contributed by atoms with van der Waals surface area (Å²) in [4.78, 5) is 30.2. The van der Waals surface area contributed by atoms with Crippen molar-refractivity contribution in [3.8, 4) is 5.75 Å². The Hall–Kier alpha value is -2.97. The van der Waals surface area contributed by atoms with Gasteiger partial charge in [-0.1, -0.05) is 39.0 Å². The molecule has 2 aromatic carbocycles. The number of thiophene rings is 1. The lowest BCUT2D eigenvalue weighted by Gasteiger charge is -2.33. The van der Waals surface area contributed by atoms with E-state index >= 15 is 0 Å². The molecule has 1 aromatic heterocycles. The molecule has 4 rings (SSSR count). The Morgan fingerprint density at radius 3 is 2.64 bits per heavy atom. The molecular formula is C28H29BrN2O4S. The van der Waals surface area contributed by atoms with Gasteiger partial charge in [-0.05, 0) is 88.0 Å². The average Bonchev–Trinajstić information content (AvgIpc) is 3.20. The molecule has 3 aromatic rings. The number of hydrogen-bond acceptors (Lipinski definition) is 5. The molecule has 8 heteroatoms. The summed E-state index contributed by atoms with van der Waals surface area (Å²) in [6.45, 7) is 6.42. The van der Waals surface area contributed by atoms with Crippen LogP contribution >= 0.6 is 27.3 Å². The van der Waals surface area contributed by atoms with Gasteiger partial charge in [0.05, 0.1) is 10.0 Å². The Morgan fingerprint density at radius 2 is 1.97 bits per heavy atom. The third-order valence-electron chi connectivity index (χ3n) is 6.37. The third kappa shape index (κ3) is 6.23. The highest BCUT2D eigenvalue weighted by atomic mass is 79.9. The summed E-state index contributed by atoms with van der Waals surface area (Å²) in [5, 5.41) is 12.6. The van der Waals surface area contributed by atoms with E-state index in [1.807, 2.05) is 36.4 Å². The number of rotatable bonds is 7. The largest absolute Gasteiger partial charge is 0.481 e.